The summed E-state index contributed by atoms with van der Waals surface area (Å²) < 4.78 is 5.22. The lowest BCUT2D eigenvalue weighted by molar-refractivity contribution is 0.0936. The molecule has 0 spiro atoms. The second-order valence-electron chi connectivity index (χ2n) is 6.87. The molecule has 1 saturated carbocycles. The number of carbonyl (C=O) groups excluding carboxylic acids is 2. The van der Waals surface area contributed by atoms with E-state index in [4.69, 9.17) is 4.74 Å². The summed E-state index contributed by atoms with van der Waals surface area (Å²) in [5, 5.41) is 8.93. The molecule has 3 N–H and O–H groups in total. The van der Waals surface area contributed by atoms with Crippen LogP contribution in [0.25, 0.3) is 0 Å². The number of aryl methyl sites for hydroxylation is 1. The number of aromatic nitrogens is 1. The zero-order valence-electron chi connectivity index (χ0n) is 16.2. The van der Waals surface area contributed by atoms with Gasteiger partial charge in [0.25, 0.3) is 5.91 Å². The highest BCUT2D eigenvalue weighted by molar-refractivity contribution is 7.17. The Balaban J connectivity index is 1.61. The first-order valence-electron chi connectivity index (χ1n) is 9.56. The number of urea groups is 1. The Bertz CT molecular complexity index is 829. The van der Waals surface area contributed by atoms with Crippen LogP contribution in [0.3, 0.4) is 0 Å². The van der Waals surface area contributed by atoms with Crippen molar-refractivity contribution in [3.63, 3.8) is 0 Å². The number of benzene rings is 1. The van der Waals surface area contributed by atoms with E-state index in [1.807, 2.05) is 12.1 Å². The number of hydrogen-bond donors (Lipinski definition) is 3. The first-order chi connectivity index (χ1) is 13.6. The van der Waals surface area contributed by atoms with Gasteiger partial charge in [-0.05, 0) is 31.9 Å². The zero-order chi connectivity index (χ0) is 19.9. The van der Waals surface area contributed by atoms with Gasteiger partial charge in [0.15, 0.2) is 5.13 Å². The first-order valence-corrected chi connectivity index (χ1v) is 10.4. The highest BCUT2D eigenvalue weighted by atomic mass is 32.1. The third kappa shape index (κ3) is 5.22. The molecule has 3 amide bonds. The third-order valence-electron chi connectivity index (χ3n) is 4.77. The average molecular weight is 403 g/mol. The Morgan fingerprint density at radius 1 is 1.11 bits per heavy atom. The molecule has 2 aromatic rings. The molecule has 0 atom stereocenters. The van der Waals surface area contributed by atoms with Gasteiger partial charge in [-0.3, -0.25) is 10.1 Å². The van der Waals surface area contributed by atoms with Crippen molar-refractivity contribution >= 4 is 34.1 Å². The maximum absolute atomic E-state index is 12.6. The molecular weight excluding hydrogens is 376 g/mol. The standard InChI is InChI=1S/C20H26N4O3S/c1-13-17(18(25)22-14-9-5-3-4-6-10-14)28-20(21-13)24-19(26)23-15-11-7-8-12-16(15)27-2/h7-8,11-12,14H,3-6,9-10H2,1-2H3,(H,22,25)(H2,21,23,24,26). The van der Waals surface area contributed by atoms with Gasteiger partial charge in [0, 0.05) is 6.04 Å². The van der Waals surface area contributed by atoms with Crippen molar-refractivity contribution in [3.8, 4) is 5.75 Å². The van der Waals surface area contributed by atoms with Gasteiger partial charge in [0.2, 0.25) is 0 Å². The van der Waals surface area contributed by atoms with Gasteiger partial charge in [-0.2, -0.15) is 0 Å². The van der Waals surface area contributed by atoms with E-state index in [-0.39, 0.29) is 11.9 Å². The van der Waals surface area contributed by atoms with Crippen molar-refractivity contribution in [2.45, 2.75) is 51.5 Å². The van der Waals surface area contributed by atoms with Gasteiger partial charge in [-0.15, -0.1) is 0 Å². The maximum atomic E-state index is 12.6. The molecule has 28 heavy (non-hydrogen) atoms. The summed E-state index contributed by atoms with van der Waals surface area (Å²) in [7, 11) is 1.54. The predicted octanol–water partition coefficient (Wildman–Crippen LogP) is 4.56. The lowest BCUT2D eigenvalue weighted by atomic mass is 10.1. The van der Waals surface area contributed by atoms with E-state index >= 15 is 0 Å². The van der Waals surface area contributed by atoms with E-state index in [2.05, 4.69) is 20.9 Å². The van der Waals surface area contributed by atoms with Crippen molar-refractivity contribution in [1.29, 1.82) is 0 Å². The number of anilines is 2. The number of thiazole rings is 1. The summed E-state index contributed by atoms with van der Waals surface area (Å²) in [5.41, 5.74) is 1.17. The molecule has 1 aliphatic rings. The van der Waals surface area contributed by atoms with E-state index in [0.29, 0.717) is 27.1 Å². The van der Waals surface area contributed by atoms with Crippen LogP contribution >= 0.6 is 11.3 Å². The normalized spacial score (nSPS) is 14.8. The van der Waals surface area contributed by atoms with E-state index in [0.717, 1.165) is 25.7 Å². The minimum absolute atomic E-state index is 0.111. The van der Waals surface area contributed by atoms with Crippen LogP contribution in [0.15, 0.2) is 24.3 Å². The molecule has 1 aromatic carbocycles. The van der Waals surface area contributed by atoms with Gasteiger partial charge >= 0.3 is 6.03 Å². The molecule has 0 saturated heterocycles. The van der Waals surface area contributed by atoms with Crippen LogP contribution in [0.5, 0.6) is 5.75 Å². The van der Waals surface area contributed by atoms with Crippen LogP contribution < -0.4 is 20.7 Å². The highest BCUT2D eigenvalue weighted by Gasteiger charge is 2.20. The Labute approximate surface area is 168 Å². The fourth-order valence-corrected chi connectivity index (χ4v) is 4.20. The number of nitrogens with one attached hydrogen (secondary N) is 3. The Hall–Kier alpha value is -2.61. The lowest BCUT2D eigenvalue weighted by Gasteiger charge is -2.15. The quantitative estimate of drug-likeness (QED) is 0.640. The van der Waals surface area contributed by atoms with Crippen molar-refractivity contribution in [3.05, 3.63) is 34.8 Å². The Morgan fingerprint density at radius 2 is 1.82 bits per heavy atom. The number of para-hydroxylation sites is 2. The summed E-state index contributed by atoms with van der Waals surface area (Å²) in [6.45, 7) is 1.78. The molecule has 8 heteroatoms. The summed E-state index contributed by atoms with van der Waals surface area (Å²) in [4.78, 5) is 29.8. The summed E-state index contributed by atoms with van der Waals surface area (Å²) in [6, 6.07) is 6.93. The predicted molar refractivity (Wildman–Crippen MR) is 111 cm³/mol. The monoisotopic (exact) mass is 402 g/mol. The second-order valence-corrected chi connectivity index (χ2v) is 7.87. The second kappa shape index (κ2) is 9.54. The summed E-state index contributed by atoms with van der Waals surface area (Å²) in [6.07, 6.45) is 6.83. The Kier molecular flexibility index (Phi) is 6.86. The molecule has 150 valence electrons. The third-order valence-corrected chi connectivity index (χ3v) is 5.84. The van der Waals surface area contributed by atoms with Gasteiger partial charge < -0.3 is 15.4 Å². The molecule has 3 rings (SSSR count). The molecule has 0 bridgehead atoms. The smallest absolute Gasteiger partial charge is 0.325 e. The van der Waals surface area contributed by atoms with Crippen LogP contribution in [-0.4, -0.2) is 30.1 Å². The summed E-state index contributed by atoms with van der Waals surface area (Å²) in [5.74, 6) is 0.455. The molecule has 0 radical (unpaired) electrons. The number of carbonyl (C=O) groups is 2. The fourth-order valence-electron chi connectivity index (χ4n) is 3.33. The molecule has 0 unspecified atom stereocenters. The van der Waals surface area contributed by atoms with E-state index in [1.165, 1.54) is 24.2 Å². The van der Waals surface area contributed by atoms with Crippen LogP contribution in [0, 0.1) is 6.92 Å². The largest absolute Gasteiger partial charge is 0.495 e. The lowest BCUT2D eigenvalue weighted by Crippen LogP contribution is -2.34. The maximum Gasteiger partial charge on any atom is 0.325 e. The fraction of sp³-hybridized carbons (Fsp3) is 0.450. The minimum Gasteiger partial charge on any atom is -0.495 e. The molecule has 7 nitrogen and oxygen atoms in total. The van der Waals surface area contributed by atoms with Crippen LogP contribution in [0.4, 0.5) is 15.6 Å². The number of ether oxygens (including phenoxy) is 1. The van der Waals surface area contributed by atoms with Crippen LogP contribution in [-0.2, 0) is 0 Å². The first kappa shape index (κ1) is 20.1. The molecule has 1 fully saturated rings. The number of hydrogen-bond acceptors (Lipinski definition) is 5. The van der Waals surface area contributed by atoms with Crippen LogP contribution in [0.2, 0.25) is 0 Å². The number of methoxy groups -OCH3 is 1. The van der Waals surface area contributed by atoms with Crippen molar-refractivity contribution in [2.24, 2.45) is 0 Å². The SMILES string of the molecule is COc1ccccc1NC(=O)Nc1nc(C)c(C(=O)NC2CCCCCC2)s1. The highest BCUT2D eigenvalue weighted by Crippen LogP contribution is 2.26. The molecular formula is C20H26N4O3S. The van der Waals surface area contributed by atoms with Crippen molar-refractivity contribution < 1.29 is 14.3 Å². The number of rotatable bonds is 5. The number of amides is 3. The molecule has 1 aromatic heterocycles. The van der Waals surface area contributed by atoms with Gasteiger partial charge in [-0.1, -0.05) is 49.2 Å². The van der Waals surface area contributed by atoms with E-state index < -0.39 is 6.03 Å². The molecule has 1 heterocycles. The average Bonchev–Trinajstić information content (AvgIpc) is 2.87. The van der Waals surface area contributed by atoms with E-state index in [9.17, 15) is 9.59 Å². The van der Waals surface area contributed by atoms with Crippen LogP contribution in [0.1, 0.15) is 53.9 Å². The van der Waals surface area contributed by atoms with Crippen molar-refractivity contribution in [1.82, 2.24) is 10.3 Å². The van der Waals surface area contributed by atoms with Crippen molar-refractivity contribution in [2.75, 3.05) is 17.7 Å². The number of nitrogens with zero attached hydrogens (tertiary/aromatic N) is 1. The molecule has 1 aliphatic carbocycles. The van der Waals surface area contributed by atoms with Gasteiger partial charge in [0.1, 0.15) is 10.6 Å². The zero-order valence-corrected chi connectivity index (χ0v) is 17.0. The topological polar surface area (TPSA) is 92.3 Å². The van der Waals surface area contributed by atoms with E-state index in [1.54, 1.807) is 26.2 Å². The van der Waals surface area contributed by atoms with Gasteiger partial charge in [-0.25, -0.2) is 9.78 Å². The van der Waals surface area contributed by atoms with Gasteiger partial charge in [0.05, 0.1) is 18.5 Å². The molecule has 0 aliphatic heterocycles. The summed E-state index contributed by atoms with van der Waals surface area (Å²) >= 11 is 1.18. The minimum atomic E-state index is -0.436. The Morgan fingerprint density at radius 3 is 2.54 bits per heavy atom.